The zero-order valence-corrected chi connectivity index (χ0v) is 21.8. The molecule has 4 atom stereocenters. The third-order valence-electron chi connectivity index (χ3n) is 7.30. The number of alkyl carbamates (subject to hydrolysis) is 1. The molecule has 9 nitrogen and oxygen atoms in total. The van der Waals surface area contributed by atoms with Crippen LogP contribution in [0.15, 0.2) is 36.4 Å². The van der Waals surface area contributed by atoms with Gasteiger partial charge in [-0.2, -0.15) is 0 Å². The maximum atomic E-state index is 13.9. The van der Waals surface area contributed by atoms with E-state index in [4.69, 9.17) is 4.74 Å². The summed E-state index contributed by atoms with van der Waals surface area (Å²) in [5.41, 5.74) is -0.211. The molecule has 1 aromatic rings. The molecule has 0 bridgehead atoms. The number of nitrogens with zero attached hydrogens (tertiary/aromatic N) is 1. The van der Waals surface area contributed by atoms with E-state index in [1.54, 1.807) is 20.8 Å². The summed E-state index contributed by atoms with van der Waals surface area (Å²) in [7, 11) is 0. The van der Waals surface area contributed by atoms with Crippen LogP contribution in [-0.4, -0.2) is 57.1 Å². The van der Waals surface area contributed by atoms with E-state index in [2.05, 4.69) is 10.6 Å². The van der Waals surface area contributed by atoms with Crippen LogP contribution in [-0.2, 0) is 32.1 Å². The van der Waals surface area contributed by atoms with Crippen molar-refractivity contribution >= 4 is 23.9 Å². The average Bonchev–Trinajstić information content (AvgIpc) is 3.53. The molecule has 2 heterocycles. The van der Waals surface area contributed by atoms with Gasteiger partial charge in [-0.15, -0.1) is 0 Å². The van der Waals surface area contributed by atoms with Crippen LogP contribution < -0.4 is 10.6 Å². The number of rotatable bonds is 2. The number of nitrogens with one attached hydrogen (secondary N) is 2. The van der Waals surface area contributed by atoms with Crippen LogP contribution in [0.5, 0.6) is 0 Å². The summed E-state index contributed by atoms with van der Waals surface area (Å²) in [5.74, 6) is -2.21. The van der Waals surface area contributed by atoms with Gasteiger partial charge >= 0.3 is 12.1 Å². The lowest BCUT2D eigenvalue weighted by Gasteiger charge is -2.38. The largest absolute Gasteiger partial charge is 0.479 e. The second-order valence-electron chi connectivity index (χ2n) is 11.3. The van der Waals surface area contributed by atoms with Gasteiger partial charge in [-0.1, -0.05) is 49.3 Å². The van der Waals surface area contributed by atoms with Crippen LogP contribution in [0.25, 0.3) is 0 Å². The van der Waals surface area contributed by atoms with Crippen LogP contribution in [0, 0.1) is 5.92 Å². The van der Waals surface area contributed by atoms with Gasteiger partial charge in [-0.25, -0.2) is 9.59 Å². The molecule has 37 heavy (non-hydrogen) atoms. The van der Waals surface area contributed by atoms with Crippen molar-refractivity contribution in [2.45, 2.75) is 95.5 Å². The van der Waals surface area contributed by atoms with E-state index in [1.165, 1.54) is 4.90 Å². The minimum atomic E-state index is -1.35. The number of amides is 3. The summed E-state index contributed by atoms with van der Waals surface area (Å²) >= 11 is 0. The lowest BCUT2D eigenvalue weighted by atomic mass is 9.92. The highest BCUT2D eigenvalue weighted by molar-refractivity contribution is 5.96. The predicted molar refractivity (Wildman–Crippen MR) is 136 cm³/mol. The summed E-state index contributed by atoms with van der Waals surface area (Å²) in [6, 6.07) is 5.85. The Labute approximate surface area is 217 Å². The fourth-order valence-corrected chi connectivity index (χ4v) is 5.21. The molecule has 0 saturated heterocycles. The van der Waals surface area contributed by atoms with Crippen molar-refractivity contribution in [1.82, 2.24) is 15.5 Å². The first kappa shape index (κ1) is 26.7. The number of fused-ring (bicyclic) bond motifs is 3. The van der Waals surface area contributed by atoms with Crippen molar-refractivity contribution in [3.63, 3.8) is 0 Å². The van der Waals surface area contributed by atoms with Gasteiger partial charge in [0.25, 0.3) is 0 Å². The Hall–Kier alpha value is -3.36. The molecule has 2 aliphatic heterocycles. The zero-order valence-electron chi connectivity index (χ0n) is 21.8. The van der Waals surface area contributed by atoms with E-state index in [0.717, 1.165) is 30.4 Å². The summed E-state index contributed by atoms with van der Waals surface area (Å²) in [6.45, 7) is 5.46. The smallest absolute Gasteiger partial charge is 0.408 e. The molecule has 3 N–H and O–H groups in total. The SMILES string of the molecule is CC(C)(C)OC(=O)N[C@H]1CCCCCC=C[C@@H]2C[C@@]2(C(=O)O)NC(=O)C2Cc3ccccc3CN2C1=O. The maximum absolute atomic E-state index is 13.9. The first-order valence-corrected chi connectivity index (χ1v) is 13.1. The molecular formula is C28H37N3O6. The summed E-state index contributed by atoms with van der Waals surface area (Å²) in [6.07, 6.45) is 7.41. The van der Waals surface area contributed by atoms with E-state index >= 15 is 0 Å². The molecule has 200 valence electrons. The maximum Gasteiger partial charge on any atom is 0.408 e. The van der Waals surface area contributed by atoms with Crippen LogP contribution in [0.3, 0.4) is 0 Å². The van der Waals surface area contributed by atoms with Gasteiger partial charge < -0.3 is 25.4 Å². The number of benzene rings is 1. The number of aliphatic carboxylic acids is 1. The molecule has 0 aromatic heterocycles. The van der Waals surface area contributed by atoms with E-state index in [9.17, 15) is 24.3 Å². The number of carboxylic acid groups (broad SMARTS) is 1. The van der Waals surface area contributed by atoms with Crippen molar-refractivity contribution in [2.24, 2.45) is 5.92 Å². The van der Waals surface area contributed by atoms with Crippen molar-refractivity contribution in [3.05, 3.63) is 47.5 Å². The molecule has 0 spiro atoms. The van der Waals surface area contributed by atoms with Crippen LogP contribution in [0.2, 0.25) is 0 Å². The van der Waals surface area contributed by atoms with E-state index < -0.39 is 41.2 Å². The number of carbonyl (C=O) groups is 4. The Morgan fingerprint density at radius 3 is 2.57 bits per heavy atom. The van der Waals surface area contributed by atoms with Gasteiger partial charge in [0.15, 0.2) is 0 Å². The molecule has 1 saturated carbocycles. The van der Waals surface area contributed by atoms with Crippen LogP contribution >= 0.6 is 0 Å². The van der Waals surface area contributed by atoms with E-state index in [-0.39, 0.29) is 24.8 Å². The van der Waals surface area contributed by atoms with E-state index in [1.807, 2.05) is 36.4 Å². The summed E-state index contributed by atoms with van der Waals surface area (Å²) < 4.78 is 5.41. The number of carboxylic acids is 1. The molecule has 1 fully saturated rings. The third-order valence-corrected chi connectivity index (χ3v) is 7.30. The van der Waals surface area contributed by atoms with E-state index in [0.29, 0.717) is 19.3 Å². The second kappa shape index (κ2) is 10.6. The quantitative estimate of drug-likeness (QED) is 0.523. The number of allylic oxidation sites excluding steroid dienone is 1. The zero-order chi connectivity index (χ0) is 26.8. The lowest BCUT2D eigenvalue weighted by molar-refractivity contribution is -0.147. The Morgan fingerprint density at radius 2 is 1.86 bits per heavy atom. The molecule has 1 aromatic carbocycles. The normalized spacial score (nSPS) is 28.4. The highest BCUT2D eigenvalue weighted by atomic mass is 16.6. The Bertz CT molecular complexity index is 1090. The van der Waals surface area contributed by atoms with Crippen LogP contribution in [0.4, 0.5) is 4.79 Å². The van der Waals surface area contributed by atoms with Gasteiger partial charge in [0.05, 0.1) is 0 Å². The third kappa shape index (κ3) is 6.14. The Morgan fingerprint density at radius 1 is 1.14 bits per heavy atom. The van der Waals surface area contributed by atoms with Gasteiger partial charge in [-0.05, 0) is 57.6 Å². The Balaban J connectivity index is 1.66. The Kier molecular flexibility index (Phi) is 7.62. The van der Waals surface area contributed by atoms with Crippen LogP contribution in [0.1, 0.15) is 70.4 Å². The highest BCUT2D eigenvalue weighted by Crippen LogP contribution is 2.45. The molecule has 4 rings (SSSR count). The fraction of sp³-hybridized carbons (Fsp3) is 0.571. The van der Waals surface area contributed by atoms with Crippen molar-refractivity contribution in [2.75, 3.05) is 0 Å². The molecular weight excluding hydrogens is 474 g/mol. The predicted octanol–water partition coefficient (Wildman–Crippen LogP) is 3.31. The minimum Gasteiger partial charge on any atom is -0.479 e. The van der Waals surface area contributed by atoms with Gasteiger partial charge in [0, 0.05) is 18.9 Å². The molecule has 3 amide bonds. The minimum absolute atomic E-state index is 0.197. The molecule has 0 radical (unpaired) electrons. The molecule has 3 aliphatic rings. The first-order valence-electron chi connectivity index (χ1n) is 13.1. The molecule has 1 unspecified atom stereocenters. The fourth-order valence-electron chi connectivity index (χ4n) is 5.21. The second-order valence-corrected chi connectivity index (χ2v) is 11.3. The van der Waals surface area contributed by atoms with Gasteiger partial charge in [0.2, 0.25) is 11.8 Å². The summed E-state index contributed by atoms with van der Waals surface area (Å²) in [4.78, 5) is 53.8. The van der Waals surface area contributed by atoms with Gasteiger partial charge in [0.1, 0.15) is 23.2 Å². The topological polar surface area (TPSA) is 125 Å². The number of hydrogen-bond acceptors (Lipinski definition) is 5. The number of ether oxygens (including phenoxy) is 1. The highest BCUT2D eigenvalue weighted by Gasteiger charge is 2.61. The molecule has 9 heteroatoms. The summed E-state index contributed by atoms with van der Waals surface area (Å²) in [5, 5.41) is 15.5. The number of carbonyl (C=O) groups excluding carboxylic acids is 3. The van der Waals surface area contributed by atoms with Gasteiger partial charge in [-0.3, -0.25) is 9.59 Å². The van der Waals surface area contributed by atoms with Crippen molar-refractivity contribution in [3.8, 4) is 0 Å². The monoisotopic (exact) mass is 511 g/mol. The number of hydrogen-bond donors (Lipinski definition) is 3. The van der Waals surface area contributed by atoms with Crippen molar-refractivity contribution < 1.29 is 29.0 Å². The van der Waals surface area contributed by atoms with Crippen molar-refractivity contribution in [1.29, 1.82) is 0 Å². The standard InChI is InChI=1S/C28H37N3O6/c1-27(2,3)37-26(36)29-21-14-8-6-4-5-7-13-20-16-28(20,25(34)35)30-23(32)22-15-18-11-9-10-12-19(18)17-31(22)24(21)33/h7,9-13,20-22H,4-6,8,14-17H2,1-3H3,(H,29,36)(H,30,32)(H,34,35)/t20-,21+,22?,28-/m1/s1. The lowest BCUT2D eigenvalue weighted by Crippen LogP contribution is -2.60. The average molecular weight is 512 g/mol. The first-order chi connectivity index (χ1) is 17.5. The molecule has 1 aliphatic carbocycles.